The number of sulfonamides is 1. The molecule has 0 aliphatic rings. The molecule has 0 unspecified atom stereocenters. The van der Waals surface area contributed by atoms with Gasteiger partial charge in [0, 0.05) is 0 Å². The zero-order valence-corrected chi connectivity index (χ0v) is 15.1. The number of halogens is 1. The van der Waals surface area contributed by atoms with Crippen LogP contribution in [0, 0.1) is 5.82 Å². The van der Waals surface area contributed by atoms with Crippen LogP contribution in [-0.2, 0) is 16.6 Å². The van der Waals surface area contributed by atoms with Gasteiger partial charge in [-0.05, 0) is 29.8 Å². The van der Waals surface area contributed by atoms with Crippen LogP contribution in [0.4, 0.5) is 10.2 Å². The fraction of sp³-hybridized carbons (Fsp3) is 0.111. The third-order valence-electron chi connectivity index (χ3n) is 3.51. The van der Waals surface area contributed by atoms with Gasteiger partial charge in [0.2, 0.25) is 0 Å². The van der Waals surface area contributed by atoms with Gasteiger partial charge in [-0.2, -0.15) is 4.98 Å². The van der Waals surface area contributed by atoms with E-state index in [1.807, 2.05) is 6.07 Å². The van der Waals surface area contributed by atoms with Crippen LogP contribution in [0.3, 0.4) is 0 Å². The van der Waals surface area contributed by atoms with Crippen LogP contribution in [0.25, 0.3) is 0 Å². The van der Waals surface area contributed by atoms with Crippen molar-refractivity contribution in [3.05, 3.63) is 72.2 Å². The lowest BCUT2D eigenvalue weighted by atomic mass is 10.2. The zero-order chi connectivity index (χ0) is 19.3. The summed E-state index contributed by atoms with van der Waals surface area (Å²) in [5, 5.41) is 0. The van der Waals surface area contributed by atoms with E-state index < -0.39 is 21.7 Å². The van der Waals surface area contributed by atoms with Crippen LogP contribution in [0.15, 0.2) is 65.7 Å². The van der Waals surface area contributed by atoms with Gasteiger partial charge in [-0.25, -0.2) is 17.8 Å². The summed E-state index contributed by atoms with van der Waals surface area (Å²) in [5.41, 5.74) is 0.786. The number of nitrogens with one attached hydrogen (secondary N) is 1. The molecule has 0 amide bonds. The van der Waals surface area contributed by atoms with Gasteiger partial charge >= 0.3 is 6.01 Å². The molecule has 0 fully saturated rings. The van der Waals surface area contributed by atoms with E-state index in [4.69, 9.17) is 9.47 Å². The van der Waals surface area contributed by atoms with Crippen molar-refractivity contribution >= 4 is 15.8 Å². The van der Waals surface area contributed by atoms with Crippen molar-refractivity contribution in [2.24, 2.45) is 0 Å². The molecule has 0 aliphatic carbocycles. The highest BCUT2D eigenvalue weighted by Gasteiger charge is 2.18. The highest BCUT2D eigenvalue weighted by molar-refractivity contribution is 7.92. The van der Waals surface area contributed by atoms with Gasteiger partial charge in [0.15, 0.2) is 11.6 Å². The minimum atomic E-state index is -3.98. The van der Waals surface area contributed by atoms with Crippen molar-refractivity contribution in [2.45, 2.75) is 11.5 Å². The minimum absolute atomic E-state index is 0.0122. The SMILES string of the molecule is COc1cccc(COc2ncc(F)c(NS(=O)(=O)c3ccccc3)n2)c1. The van der Waals surface area contributed by atoms with Gasteiger partial charge in [0.1, 0.15) is 12.4 Å². The molecule has 2 aromatic carbocycles. The summed E-state index contributed by atoms with van der Waals surface area (Å²) in [7, 11) is -2.43. The van der Waals surface area contributed by atoms with Crippen LogP contribution in [0.2, 0.25) is 0 Å². The predicted molar refractivity (Wildman–Crippen MR) is 96.6 cm³/mol. The molecule has 0 bridgehead atoms. The standard InChI is InChI=1S/C18H16FN3O4S/c1-25-14-7-5-6-13(10-14)12-26-18-20-11-16(19)17(21-18)22-27(23,24)15-8-3-2-4-9-15/h2-11H,12H2,1H3,(H,20,21,22). The lowest BCUT2D eigenvalue weighted by molar-refractivity contribution is 0.279. The number of anilines is 1. The van der Waals surface area contributed by atoms with Crippen molar-refractivity contribution in [3.8, 4) is 11.8 Å². The highest BCUT2D eigenvalue weighted by atomic mass is 32.2. The second kappa shape index (κ2) is 8.00. The Morgan fingerprint density at radius 2 is 1.89 bits per heavy atom. The summed E-state index contributed by atoms with van der Waals surface area (Å²) in [6.07, 6.45) is 0.844. The van der Waals surface area contributed by atoms with Gasteiger partial charge in [-0.3, -0.25) is 4.72 Å². The molecule has 0 radical (unpaired) electrons. The average Bonchev–Trinajstić information content (AvgIpc) is 2.69. The second-order valence-corrected chi connectivity index (χ2v) is 7.09. The zero-order valence-electron chi connectivity index (χ0n) is 14.3. The Bertz CT molecular complexity index is 1030. The number of hydrogen-bond acceptors (Lipinski definition) is 6. The first-order valence-electron chi connectivity index (χ1n) is 7.84. The van der Waals surface area contributed by atoms with Gasteiger partial charge in [-0.15, -0.1) is 0 Å². The van der Waals surface area contributed by atoms with Crippen LogP contribution in [0.1, 0.15) is 5.56 Å². The van der Waals surface area contributed by atoms with Crippen molar-refractivity contribution in [1.29, 1.82) is 0 Å². The molecule has 0 atom stereocenters. The average molecular weight is 389 g/mol. The number of methoxy groups -OCH3 is 1. The lowest BCUT2D eigenvalue weighted by Gasteiger charge is -2.10. The normalized spacial score (nSPS) is 11.0. The van der Waals surface area contributed by atoms with Crippen molar-refractivity contribution < 1.29 is 22.3 Å². The summed E-state index contributed by atoms with van der Waals surface area (Å²) in [6.45, 7) is 0.105. The van der Waals surface area contributed by atoms with Crippen molar-refractivity contribution in [2.75, 3.05) is 11.8 Å². The molecule has 27 heavy (non-hydrogen) atoms. The first-order valence-corrected chi connectivity index (χ1v) is 9.32. The van der Waals surface area contributed by atoms with E-state index in [1.54, 1.807) is 43.5 Å². The molecule has 0 saturated heterocycles. The number of ether oxygens (including phenoxy) is 2. The maximum atomic E-state index is 14.0. The molecule has 3 aromatic rings. The number of nitrogens with zero attached hydrogens (tertiary/aromatic N) is 2. The molecule has 9 heteroatoms. The Morgan fingerprint density at radius 3 is 2.63 bits per heavy atom. The first-order chi connectivity index (χ1) is 13.0. The second-order valence-electron chi connectivity index (χ2n) is 5.41. The molecule has 0 spiro atoms. The molecule has 1 aromatic heterocycles. The molecule has 0 saturated carbocycles. The molecule has 1 heterocycles. The Balaban J connectivity index is 1.76. The summed E-state index contributed by atoms with van der Waals surface area (Å²) >= 11 is 0. The van der Waals surface area contributed by atoms with E-state index in [9.17, 15) is 12.8 Å². The quantitative estimate of drug-likeness (QED) is 0.668. The predicted octanol–water partition coefficient (Wildman–Crippen LogP) is 3.00. The maximum absolute atomic E-state index is 14.0. The molecule has 7 nitrogen and oxygen atoms in total. The van der Waals surface area contributed by atoms with Crippen molar-refractivity contribution in [1.82, 2.24) is 9.97 Å². The van der Waals surface area contributed by atoms with Crippen LogP contribution < -0.4 is 14.2 Å². The van der Waals surface area contributed by atoms with Gasteiger partial charge in [0.25, 0.3) is 10.0 Å². The van der Waals surface area contributed by atoms with E-state index in [1.165, 1.54) is 12.1 Å². The van der Waals surface area contributed by atoms with Crippen molar-refractivity contribution in [3.63, 3.8) is 0 Å². The van der Waals surface area contributed by atoms with Gasteiger partial charge < -0.3 is 9.47 Å². The monoisotopic (exact) mass is 389 g/mol. The molecule has 0 aliphatic heterocycles. The third kappa shape index (κ3) is 4.70. The van der Waals surface area contributed by atoms with E-state index in [2.05, 4.69) is 14.7 Å². The van der Waals surface area contributed by atoms with Crippen LogP contribution >= 0.6 is 0 Å². The van der Waals surface area contributed by atoms with E-state index in [-0.39, 0.29) is 17.5 Å². The van der Waals surface area contributed by atoms with Crippen LogP contribution in [0.5, 0.6) is 11.8 Å². The Kier molecular flexibility index (Phi) is 5.51. The Morgan fingerprint density at radius 1 is 1.11 bits per heavy atom. The number of aromatic nitrogens is 2. The topological polar surface area (TPSA) is 90.4 Å². The summed E-state index contributed by atoms with van der Waals surface area (Å²) in [5.74, 6) is -0.745. The maximum Gasteiger partial charge on any atom is 0.318 e. The third-order valence-corrected chi connectivity index (χ3v) is 4.86. The minimum Gasteiger partial charge on any atom is -0.497 e. The van der Waals surface area contributed by atoms with Crippen LogP contribution in [-0.4, -0.2) is 25.5 Å². The summed E-state index contributed by atoms with van der Waals surface area (Å²) in [4.78, 5) is 7.52. The summed E-state index contributed by atoms with van der Waals surface area (Å²) in [6, 6.07) is 14.6. The highest BCUT2D eigenvalue weighted by Crippen LogP contribution is 2.19. The van der Waals surface area contributed by atoms with Gasteiger partial charge in [0.05, 0.1) is 18.2 Å². The smallest absolute Gasteiger partial charge is 0.318 e. The van der Waals surface area contributed by atoms with E-state index >= 15 is 0 Å². The van der Waals surface area contributed by atoms with Gasteiger partial charge in [-0.1, -0.05) is 30.3 Å². The summed E-state index contributed by atoms with van der Waals surface area (Å²) < 4.78 is 51.3. The Hall–Kier alpha value is -3.20. The fourth-order valence-electron chi connectivity index (χ4n) is 2.19. The number of hydrogen-bond donors (Lipinski definition) is 1. The molecule has 3 rings (SSSR count). The lowest BCUT2D eigenvalue weighted by Crippen LogP contribution is -2.15. The molecular weight excluding hydrogens is 373 g/mol. The fourth-order valence-corrected chi connectivity index (χ4v) is 3.22. The van der Waals surface area contributed by atoms with E-state index in [0.29, 0.717) is 5.75 Å². The Labute approximate surface area is 155 Å². The largest absolute Gasteiger partial charge is 0.497 e. The molecular formula is C18H16FN3O4S. The van der Waals surface area contributed by atoms with E-state index in [0.717, 1.165) is 11.8 Å². The molecule has 1 N–H and O–H groups in total. The first kappa shape index (κ1) is 18.6. The molecule has 140 valence electrons. The number of benzene rings is 2. The number of rotatable bonds is 7.